The van der Waals surface area contributed by atoms with Crippen LogP contribution in [0.3, 0.4) is 0 Å². The molecule has 1 aromatic heterocycles. The zero-order valence-corrected chi connectivity index (χ0v) is 12.5. The van der Waals surface area contributed by atoms with E-state index in [1.807, 2.05) is 6.92 Å². The number of rotatable bonds is 4. The Balaban J connectivity index is 2.02. The van der Waals surface area contributed by atoms with Crippen LogP contribution in [-0.2, 0) is 6.42 Å². The Bertz CT molecular complexity index is 435. The normalized spacial score (nSPS) is 20.8. The minimum Gasteiger partial charge on any atom is -0.370 e. The zero-order chi connectivity index (χ0) is 13.6. The van der Waals surface area contributed by atoms with Gasteiger partial charge in [0.2, 0.25) is 0 Å². The van der Waals surface area contributed by atoms with Gasteiger partial charge >= 0.3 is 0 Å². The van der Waals surface area contributed by atoms with Crippen molar-refractivity contribution in [2.45, 2.75) is 48.0 Å². The van der Waals surface area contributed by atoms with E-state index in [0.717, 1.165) is 30.3 Å². The number of nitrogens with one attached hydrogen (secondary N) is 1. The van der Waals surface area contributed by atoms with Crippen molar-refractivity contribution < 1.29 is 0 Å². The molecule has 18 heavy (non-hydrogen) atoms. The third kappa shape index (κ3) is 2.11. The van der Waals surface area contributed by atoms with Gasteiger partial charge in [-0.2, -0.15) is 0 Å². The third-order valence-electron chi connectivity index (χ3n) is 5.06. The van der Waals surface area contributed by atoms with Crippen molar-refractivity contribution in [2.24, 2.45) is 16.7 Å². The maximum Gasteiger partial charge on any atom is 0.129 e. The molecule has 1 heterocycles. The van der Waals surface area contributed by atoms with Crippen LogP contribution in [0.15, 0.2) is 6.07 Å². The van der Waals surface area contributed by atoms with Gasteiger partial charge in [0.1, 0.15) is 11.6 Å². The number of aromatic nitrogens is 2. The lowest BCUT2D eigenvalue weighted by molar-refractivity contribution is 0.457. The first-order valence-electron chi connectivity index (χ1n) is 6.87. The van der Waals surface area contributed by atoms with E-state index in [4.69, 9.17) is 0 Å². The molecular formula is C15H25N3. The molecule has 1 aliphatic carbocycles. The molecule has 2 rings (SSSR count). The van der Waals surface area contributed by atoms with Gasteiger partial charge in [-0.3, -0.25) is 0 Å². The molecule has 1 fully saturated rings. The maximum absolute atomic E-state index is 4.45. The van der Waals surface area contributed by atoms with Crippen LogP contribution in [0.2, 0.25) is 0 Å². The Morgan fingerprint density at radius 3 is 2.28 bits per heavy atom. The first kappa shape index (κ1) is 13.3. The van der Waals surface area contributed by atoms with Crippen molar-refractivity contribution in [1.29, 1.82) is 0 Å². The van der Waals surface area contributed by atoms with Crippen molar-refractivity contribution in [2.75, 3.05) is 11.9 Å². The van der Waals surface area contributed by atoms with Gasteiger partial charge in [0.15, 0.2) is 0 Å². The summed E-state index contributed by atoms with van der Waals surface area (Å²) in [6, 6.07) is 2.06. The van der Waals surface area contributed by atoms with Gasteiger partial charge in [-0.15, -0.1) is 0 Å². The number of hydrogen-bond acceptors (Lipinski definition) is 3. The molecule has 100 valence electrons. The molecule has 0 aromatic carbocycles. The Hall–Kier alpha value is -1.12. The van der Waals surface area contributed by atoms with E-state index in [9.17, 15) is 0 Å². The summed E-state index contributed by atoms with van der Waals surface area (Å²) in [5, 5.41) is 3.48. The number of aryl methyl sites for hydroxylation is 2. The van der Waals surface area contributed by atoms with Gasteiger partial charge in [-0.05, 0) is 30.1 Å². The Labute approximate surface area is 110 Å². The first-order valence-corrected chi connectivity index (χ1v) is 6.87. The molecule has 0 atom stereocenters. The van der Waals surface area contributed by atoms with Crippen LogP contribution < -0.4 is 5.32 Å². The molecule has 1 aliphatic rings. The van der Waals surface area contributed by atoms with Crippen molar-refractivity contribution in [3.63, 3.8) is 0 Å². The number of hydrogen-bond donors (Lipinski definition) is 1. The van der Waals surface area contributed by atoms with Gasteiger partial charge in [-0.1, -0.05) is 34.6 Å². The highest BCUT2D eigenvalue weighted by atomic mass is 15.0. The summed E-state index contributed by atoms with van der Waals surface area (Å²) >= 11 is 0. The molecular weight excluding hydrogens is 222 g/mol. The maximum atomic E-state index is 4.45. The Morgan fingerprint density at radius 1 is 1.17 bits per heavy atom. The van der Waals surface area contributed by atoms with Crippen molar-refractivity contribution in [1.82, 2.24) is 9.97 Å². The SMILES string of the molecule is CCc1cc(NCC2C(C)(C)C2(C)C)nc(C)n1. The second kappa shape index (κ2) is 4.22. The van der Waals surface area contributed by atoms with Crippen molar-refractivity contribution in [3.05, 3.63) is 17.6 Å². The molecule has 0 amide bonds. The van der Waals surface area contributed by atoms with Crippen molar-refractivity contribution >= 4 is 5.82 Å². The number of nitrogens with zero attached hydrogens (tertiary/aromatic N) is 2. The molecule has 0 saturated heterocycles. The topological polar surface area (TPSA) is 37.8 Å². The predicted octanol–water partition coefficient (Wildman–Crippen LogP) is 3.44. The van der Waals surface area contributed by atoms with E-state index in [1.54, 1.807) is 0 Å². The molecule has 0 bridgehead atoms. The van der Waals surface area contributed by atoms with E-state index in [1.165, 1.54) is 0 Å². The minimum atomic E-state index is 0.426. The molecule has 1 N–H and O–H groups in total. The highest BCUT2D eigenvalue weighted by Gasteiger charge is 2.64. The summed E-state index contributed by atoms with van der Waals surface area (Å²) in [5.74, 6) is 2.54. The molecule has 0 unspecified atom stereocenters. The highest BCUT2D eigenvalue weighted by molar-refractivity contribution is 5.37. The van der Waals surface area contributed by atoms with Crippen molar-refractivity contribution in [3.8, 4) is 0 Å². The minimum absolute atomic E-state index is 0.426. The second-order valence-electron chi connectivity index (χ2n) is 6.52. The van der Waals surface area contributed by atoms with Crippen LogP contribution in [0.25, 0.3) is 0 Å². The predicted molar refractivity (Wildman–Crippen MR) is 75.7 cm³/mol. The fourth-order valence-electron chi connectivity index (χ4n) is 2.95. The monoisotopic (exact) mass is 247 g/mol. The lowest BCUT2D eigenvalue weighted by Crippen LogP contribution is -2.10. The van der Waals surface area contributed by atoms with E-state index in [-0.39, 0.29) is 0 Å². The summed E-state index contributed by atoms with van der Waals surface area (Å²) in [4.78, 5) is 8.86. The fraction of sp³-hybridized carbons (Fsp3) is 0.733. The van der Waals surface area contributed by atoms with Gasteiger partial charge in [0, 0.05) is 18.3 Å². The standard InChI is InChI=1S/C15H25N3/c1-7-11-8-13(18-10(2)17-11)16-9-12-14(3,4)15(12,5)6/h8,12H,7,9H2,1-6H3,(H,16,17,18). The Kier molecular flexibility index (Phi) is 3.12. The first-order chi connectivity index (χ1) is 8.29. The van der Waals surface area contributed by atoms with Gasteiger partial charge in [0.05, 0.1) is 0 Å². The summed E-state index contributed by atoms with van der Waals surface area (Å²) in [6.07, 6.45) is 0.957. The van der Waals surface area contributed by atoms with Crippen LogP contribution in [-0.4, -0.2) is 16.5 Å². The van der Waals surface area contributed by atoms with Gasteiger partial charge in [-0.25, -0.2) is 9.97 Å². The van der Waals surface area contributed by atoms with Crippen LogP contribution in [0.4, 0.5) is 5.82 Å². The van der Waals surface area contributed by atoms with E-state index in [0.29, 0.717) is 16.7 Å². The molecule has 0 radical (unpaired) electrons. The van der Waals surface area contributed by atoms with Gasteiger partial charge in [0.25, 0.3) is 0 Å². The average Bonchev–Trinajstić information content (AvgIpc) is 2.66. The lowest BCUT2D eigenvalue weighted by atomic mass is 10.0. The molecule has 3 nitrogen and oxygen atoms in total. The summed E-state index contributed by atoms with van der Waals surface area (Å²) in [6.45, 7) is 14.5. The molecule has 1 aromatic rings. The quantitative estimate of drug-likeness (QED) is 0.885. The molecule has 0 aliphatic heterocycles. The summed E-state index contributed by atoms with van der Waals surface area (Å²) in [5.41, 5.74) is 1.96. The molecule has 1 saturated carbocycles. The van der Waals surface area contributed by atoms with Crippen LogP contribution >= 0.6 is 0 Å². The summed E-state index contributed by atoms with van der Waals surface area (Å²) in [7, 11) is 0. The largest absolute Gasteiger partial charge is 0.370 e. The summed E-state index contributed by atoms with van der Waals surface area (Å²) < 4.78 is 0. The number of anilines is 1. The molecule has 0 spiro atoms. The third-order valence-corrected chi connectivity index (χ3v) is 5.06. The van der Waals surface area contributed by atoms with Crippen LogP contribution in [0.5, 0.6) is 0 Å². The Morgan fingerprint density at radius 2 is 1.78 bits per heavy atom. The average molecular weight is 247 g/mol. The smallest absolute Gasteiger partial charge is 0.129 e. The van der Waals surface area contributed by atoms with E-state index < -0.39 is 0 Å². The second-order valence-corrected chi connectivity index (χ2v) is 6.52. The van der Waals surface area contributed by atoms with Gasteiger partial charge < -0.3 is 5.32 Å². The lowest BCUT2D eigenvalue weighted by Gasteiger charge is -2.08. The highest BCUT2D eigenvalue weighted by Crippen LogP contribution is 2.68. The van der Waals surface area contributed by atoms with E-state index >= 15 is 0 Å². The molecule has 3 heteroatoms. The zero-order valence-electron chi connectivity index (χ0n) is 12.5. The van der Waals surface area contributed by atoms with Crippen LogP contribution in [0, 0.1) is 23.7 Å². The fourth-order valence-corrected chi connectivity index (χ4v) is 2.95. The van der Waals surface area contributed by atoms with E-state index in [2.05, 4.69) is 56.0 Å². The van der Waals surface area contributed by atoms with Crippen LogP contribution in [0.1, 0.15) is 46.1 Å².